The number of nitrogens with zero attached hydrogens (tertiary/aromatic N) is 6. The van der Waals surface area contributed by atoms with E-state index in [1.807, 2.05) is 37.3 Å². The Kier molecular flexibility index (Phi) is 3.74. The Morgan fingerprint density at radius 2 is 1.90 bits per heavy atom. The molecule has 0 aliphatic heterocycles. The molecular weight excluding hydrogens is 368 g/mol. The molecule has 0 radical (unpaired) electrons. The summed E-state index contributed by atoms with van der Waals surface area (Å²) in [6.07, 6.45) is 0. The van der Waals surface area contributed by atoms with E-state index in [0.29, 0.717) is 39.9 Å². The summed E-state index contributed by atoms with van der Waals surface area (Å²) >= 11 is 0. The lowest BCUT2D eigenvalue weighted by Gasteiger charge is -2.07. The van der Waals surface area contributed by atoms with Gasteiger partial charge in [-0.25, -0.2) is 0 Å². The first-order chi connectivity index (χ1) is 14.2. The van der Waals surface area contributed by atoms with Crippen molar-refractivity contribution in [3.8, 4) is 34.6 Å². The van der Waals surface area contributed by atoms with E-state index in [9.17, 15) is 5.26 Å². The second-order valence-electron chi connectivity index (χ2n) is 6.47. The summed E-state index contributed by atoms with van der Waals surface area (Å²) in [6, 6.07) is 17.1. The highest BCUT2D eigenvalue weighted by Gasteiger charge is 2.24. The van der Waals surface area contributed by atoms with E-state index in [0.717, 1.165) is 16.3 Å². The van der Waals surface area contributed by atoms with Crippen molar-refractivity contribution < 1.29 is 9.26 Å². The molecule has 8 heteroatoms. The van der Waals surface area contributed by atoms with Crippen molar-refractivity contribution in [1.29, 1.82) is 5.26 Å². The van der Waals surface area contributed by atoms with Gasteiger partial charge in [0.15, 0.2) is 11.5 Å². The summed E-state index contributed by atoms with van der Waals surface area (Å²) < 4.78 is 12.6. The van der Waals surface area contributed by atoms with Crippen molar-refractivity contribution in [3.63, 3.8) is 0 Å². The zero-order valence-electron chi connectivity index (χ0n) is 15.6. The first-order valence-electron chi connectivity index (χ1n) is 8.86. The number of aryl methyl sites for hydroxylation is 1. The number of hydrogen-bond acceptors (Lipinski definition) is 7. The molecule has 0 bridgehead atoms. The van der Waals surface area contributed by atoms with E-state index in [4.69, 9.17) is 9.26 Å². The lowest BCUT2D eigenvalue weighted by Crippen LogP contribution is -2.01. The van der Waals surface area contributed by atoms with Crippen molar-refractivity contribution in [2.24, 2.45) is 0 Å². The van der Waals surface area contributed by atoms with Crippen molar-refractivity contribution in [2.45, 2.75) is 6.92 Å². The second kappa shape index (κ2) is 6.42. The molecule has 140 valence electrons. The first kappa shape index (κ1) is 16.9. The van der Waals surface area contributed by atoms with Crippen LogP contribution in [0.4, 0.5) is 0 Å². The van der Waals surface area contributed by atoms with Gasteiger partial charge in [-0.2, -0.15) is 9.78 Å². The van der Waals surface area contributed by atoms with E-state index >= 15 is 0 Å². The molecule has 8 nitrogen and oxygen atoms in total. The third kappa shape index (κ3) is 2.52. The molecule has 5 rings (SSSR count). The molecule has 5 aromatic rings. The van der Waals surface area contributed by atoms with E-state index in [2.05, 4.69) is 26.5 Å². The topological polar surface area (TPSA) is 102 Å². The standard InChI is InChI=1S/C21H14N6O2/c1-12-17(18(26-29-12)14-6-4-3-5-7-14)20-24-23-19-16-10-13(11-22)8-9-15(16)21(28-2)25-27(19)20/h3-10H,1-2H3. The quantitative estimate of drug-likeness (QED) is 0.468. The monoisotopic (exact) mass is 382 g/mol. The van der Waals surface area contributed by atoms with Gasteiger partial charge in [0.2, 0.25) is 5.88 Å². The minimum Gasteiger partial charge on any atom is -0.480 e. The van der Waals surface area contributed by atoms with E-state index in [1.165, 1.54) is 0 Å². The molecule has 0 amide bonds. The molecule has 29 heavy (non-hydrogen) atoms. The Bertz CT molecular complexity index is 1410. The average molecular weight is 382 g/mol. The molecule has 3 aromatic heterocycles. The van der Waals surface area contributed by atoms with Crippen LogP contribution in [0.3, 0.4) is 0 Å². The largest absolute Gasteiger partial charge is 0.480 e. The summed E-state index contributed by atoms with van der Waals surface area (Å²) in [5.74, 6) is 1.50. The molecule has 0 aliphatic rings. The van der Waals surface area contributed by atoms with E-state index in [-0.39, 0.29) is 0 Å². The van der Waals surface area contributed by atoms with Gasteiger partial charge in [-0.1, -0.05) is 35.5 Å². The number of ether oxygens (including phenoxy) is 1. The minimum absolute atomic E-state index is 0.411. The average Bonchev–Trinajstić information content (AvgIpc) is 3.36. The Hall–Kier alpha value is -4.25. The normalized spacial score (nSPS) is 11.1. The fraction of sp³-hybridized carbons (Fsp3) is 0.0952. The molecule has 0 aliphatic carbocycles. The van der Waals surface area contributed by atoms with Crippen molar-refractivity contribution >= 4 is 16.4 Å². The van der Waals surface area contributed by atoms with Crippen LogP contribution in [-0.4, -0.2) is 32.1 Å². The number of rotatable bonds is 3. The maximum Gasteiger partial charge on any atom is 0.239 e. The lowest BCUT2D eigenvalue weighted by molar-refractivity contribution is 0.395. The number of nitriles is 1. The Morgan fingerprint density at radius 3 is 2.66 bits per heavy atom. The SMILES string of the molecule is COc1nn2c(-c3c(-c4ccccc4)noc3C)nnc2c2cc(C#N)ccc12. The molecule has 0 atom stereocenters. The van der Waals surface area contributed by atoms with Gasteiger partial charge >= 0.3 is 0 Å². The highest BCUT2D eigenvalue weighted by atomic mass is 16.5. The number of methoxy groups -OCH3 is 1. The highest BCUT2D eigenvalue weighted by molar-refractivity contribution is 5.98. The van der Waals surface area contributed by atoms with Crippen LogP contribution in [0.15, 0.2) is 53.1 Å². The number of benzene rings is 2. The molecule has 0 saturated heterocycles. The van der Waals surface area contributed by atoms with Crippen LogP contribution in [0.2, 0.25) is 0 Å². The zero-order chi connectivity index (χ0) is 20.0. The summed E-state index contributed by atoms with van der Waals surface area (Å²) in [4.78, 5) is 0. The van der Waals surface area contributed by atoms with Crippen LogP contribution in [0.5, 0.6) is 5.88 Å². The lowest BCUT2D eigenvalue weighted by atomic mass is 10.1. The van der Waals surface area contributed by atoms with Crippen LogP contribution in [0.1, 0.15) is 11.3 Å². The predicted molar refractivity (Wildman–Crippen MR) is 105 cm³/mol. The molecule has 0 saturated carbocycles. The number of fused-ring (bicyclic) bond motifs is 3. The van der Waals surface area contributed by atoms with Gasteiger partial charge in [-0.3, -0.25) is 0 Å². The van der Waals surface area contributed by atoms with Gasteiger partial charge in [0.1, 0.15) is 11.5 Å². The van der Waals surface area contributed by atoms with Crippen molar-refractivity contribution in [2.75, 3.05) is 7.11 Å². The minimum atomic E-state index is 0.411. The van der Waals surface area contributed by atoms with Crippen molar-refractivity contribution in [1.82, 2.24) is 25.0 Å². The van der Waals surface area contributed by atoms with Gasteiger partial charge < -0.3 is 9.26 Å². The van der Waals surface area contributed by atoms with Gasteiger partial charge in [0.05, 0.1) is 24.3 Å². The maximum absolute atomic E-state index is 9.29. The molecule has 0 unspecified atom stereocenters. The first-order valence-corrected chi connectivity index (χ1v) is 8.86. The van der Waals surface area contributed by atoms with Gasteiger partial charge in [0, 0.05) is 16.3 Å². The molecule has 2 aromatic carbocycles. The Balaban J connectivity index is 1.84. The van der Waals surface area contributed by atoms with Crippen LogP contribution in [0.25, 0.3) is 39.1 Å². The fourth-order valence-corrected chi connectivity index (χ4v) is 3.41. The molecule has 0 spiro atoms. The van der Waals surface area contributed by atoms with Crippen LogP contribution in [-0.2, 0) is 0 Å². The summed E-state index contributed by atoms with van der Waals surface area (Å²) in [6.45, 7) is 1.82. The maximum atomic E-state index is 9.29. The fourth-order valence-electron chi connectivity index (χ4n) is 3.41. The molecular formula is C21H14N6O2. The van der Waals surface area contributed by atoms with Gasteiger partial charge in [-0.05, 0) is 25.1 Å². The van der Waals surface area contributed by atoms with E-state index in [1.54, 1.807) is 29.8 Å². The summed E-state index contributed by atoms with van der Waals surface area (Å²) in [5.41, 5.74) is 3.30. The molecule has 0 fully saturated rings. The highest BCUT2D eigenvalue weighted by Crippen LogP contribution is 2.35. The summed E-state index contributed by atoms with van der Waals surface area (Å²) in [5, 5.41) is 28.3. The van der Waals surface area contributed by atoms with Crippen LogP contribution in [0, 0.1) is 18.3 Å². The van der Waals surface area contributed by atoms with Crippen LogP contribution >= 0.6 is 0 Å². The van der Waals surface area contributed by atoms with Gasteiger partial charge in [-0.15, -0.1) is 15.3 Å². The van der Waals surface area contributed by atoms with E-state index < -0.39 is 0 Å². The third-order valence-corrected chi connectivity index (χ3v) is 4.78. The molecule has 0 N–H and O–H groups in total. The Labute approximate surface area is 165 Å². The smallest absolute Gasteiger partial charge is 0.239 e. The third-order valence-electron chi connectivity index (χ3n) is 4.78. The second-order valence-corrected chi connectivity index (χ2v) is 6.47. The zero-order valence-corrected chi connectivity index (χ0v) is 15.6. The molecule has 3 heterocycles. The van der Waals surface area contributed by atoms with Crippen LogP contribution < -0.4 is 4.74 Å². The predicted octanol–water partition coefficient (Wildman–Crippen LogP) is 3.79. The number of hydrogen-bond donors (Lipinski definition) is 0. The Morgan fingerprint density at radius 1 is 1.07 bits per heavy atom. The van der Waals surface area contributed by atoms with Gasteiger partial charge in [0.25, 0.3) is 0 Å². The summed E-state index contributed by atoms with van der Waals surface area (Å²) in [7, 11) is 1.55. The van der Waals surface area contributed by atoms with Crippen molar-refractivity contribution in [3.05, 3.63) is 59.9 Å². The number of aromatic nitrogens is 5.